The molecule has 0 aliphatic carbocycles. The van der Waals surface area contributed by atoms with E-state index in [4.69, 9.17) is 4.74 Å². The maximum absolute atomic E-state index is 12.3. The van der Waals surface area contributed by atoms with Gasteiger partial charge in [0.05, 0.1) is 10.5 Å². The van der Waals surface area contributed by atoms with Gasteiger partial charge in [0, 0.05) is 12.2 Å². The van der Waals surface area contributed by atoms with Crippen molar-refractivity contribution in [2.75, 3.05) is 18.5 Å². The van der Waals surface area contributed by atoms with E-state index in [1.165, 1.54) is 24.3 Å². The molecule has 0 bridgehead atoms. The maximum atomic E-state index is 12.3. The SMILES string of the molecule is CCCNS(=O)(=O)c1cccc(C(=O)OCC(=O)Nc2c(C)cc(C)cc2C)c1. The van der Waals surface area contributed by atoms with Gasteiger partial charge in [0.2, 0.25) is 10.0 Å². The highest BCUT2D eigenvalue weighted by Gasteiger charge is 2.17. The first kappa shape index (κ1) is 22.6. The average Bonchev–Trinajstić information content (AvgIpc) is 2.67. The molecule has 0 radical (unpaired) electrons. The third kappa shape index (κ3) is 6.13. The molecule has 0 aliphatic heterocycles. The molecule has 0 unspecified atom stereocenters. The van der Waals surface area contributed by atoms with Gasteiger partial charge >= 0.3 is 5.97 Å². The monoisotopic (exact) mass is 418 g/mol. The molecule has 0 aliphatic rings. The van der Waals surface area contributed by atoms with Crippen LogP contribution in [0, 0.1) is 20.8 Å². The highest BCUT2D eigenvalue weighted by Crippen LogP contribution is 2.21. The van der Waals surface area contributed by atoms with Gasteiger partial charge in [0.1, 0.15) is 0 Å². The largest absolute Gasteiger partial charge is 0.452 e. The summed E-state index contributed by atoms with van der Waals surface area (Å²) in [5.74, 6) is -1.24. The van der Waals surface area contributed by atoms with Crippen LogP contribution in [0.5, 0.6) is 0 Å². The van der Waals surface area contributed by atoms with E-state index < -0.39 is 28.5 Å². The van der Waals surface area contributed by atoms with Gasteiger partial charge in [-0.15, -0.1) is 0 Å². The lowest BCUT2D eigenvalue weighted by Crippen LogP contribution is -2.25. The molecule has 1 amide bonds. The topological polar surface area (TPSA) is 102 Å². The predicted molar refractivity (Wildman–Crippen MR) is 111 cm³/mol. The number of anilines is 1. The predicted octanol–water partition coefficient (Wildman–Crippen LogP) is 3.10. The Morgan fingerprint density at radius 1 is 1.03 bits per heavy atom. The molecule has 2 aromatic carbocycles. The molecule has 2 rings (SSSR count). The van der Waals surface area contributed by atoms with Crippen LogP contribution in [0.25, 0.3) is 0 Å². The Labute approximate surface area is 171 Å². The van der Waals surface area contributed by atoms with Crippen LogP contribution in [-0.4, -0.2) is 33.4 Å². The number of amides is 1. The van der Waals surface area contributed by atoms with E-state index in [-0.39, 0.29) is 10.5 Å². The molecule has 0 aromatic heterocycles. The molecule has 0 heterocycles. The van der Waals surface area contributed by atoms with Crippen molar-refractivity contribution in [3.05, 3.63) is 58.7 Å². The second kappa shape index (κ2) is 9.67. The normalized spacial score (nSPS) is 11.2. The van der Waals surface area contributed by atoms with Crippen molar-refractivity contribution >= 4 is 27.6 Å². The van der Waals surface area contributed by atoms with E-state index >= 15 is 0 Å². The number of benzene rings is 2. The molecule has 0 saturated carbocycles. The first-order chi connectivity index (χ1) is 13.6. The highest BCUT2D eigenvalue weighted by atomic mass is 32.2. The number of esters is 1. The van der Waals surface area contributed by atoms with Gasteiger partial charge in [-0.3, -0.25) is 4.79 Å². The summed E-state index contributed by atoms with van der Waals surface area (Å²) in [5.41, 5.74) is 3.67. The number of carbonyl (C=O) groups is 2. The number of aryl methyl sites for hydroxylation is 3. The van der Waals surface area contributed by atoms with Crippen LogP contribution in [-0.2, 0) is 19.6 Å². The maximum Gasteiger partial charge on any atom is 0.338 e. The van der Waals surface area contributed by atoms with Crippen molar-refractivity contribution in [3.8, 4) is 0 Å². The second-order valence-corrected chi connectivity index (χ2v) is 8.59. The van der Waals surface area contributed by atoms with Gasteiger partial charge in [-0.05, 0) is 56.5 Å². The Morgan fingerprint density at radius 2 is 1.69 bits per heavy atom. The van der Waals surface area contributed by atoms with Gasteiger partial charge in [-0.1, -0.05) is 30.7 Å². The zero-order valence-corrected chi connectivity index (χ0v) is 17.9. The molecule has 0 fully saturated rings. The lowest BCUT2D eigenvalue weighted by Gasteiger charge is -2.13. The molecule has 7 nitrogen and oxygen atoms in total. The molecular weight excluding hydrogens is 392 g/mol. The Morgan fingerprint density at radius 3 is 2.31 bits per heavy atom. The van der Waals surface area contributed by atoms with Crippen LogP contribution < -0.4 is 10.0 Å². The van der Waals surface area contributed by atoms with Gasteiger partial charge in [-0.2, -0.15) is 0 Å². The number of hydrogen-bond acceptors (Lipinski definition) is 5. The molecule has 2 N–H and O–H groups in total. The third-order valence-corrected chi connectivity index (χ3v) is 5.66. The summed E-state index contributed by atoms with van der Waals surface area (Å²) in [4.78, 5) is 24.4. The van der Waals surface area contributed by atoms with Gasteiger partial charge < -0.3 is 10.1 Å². The van der Waals surface area contributed by atoms with Crippen LogP contribution in [0.4, 0.5) is 5.69 Å². The van der Waals surface area contributed by atoms with Gasteiger partial charge in [0.15, 0.2) is 6.61 Å². The van der Waals surface area contributed by atoms with Crippen LogP contribution >= 0.6 is 0 Å². The van der Waals surface area contributed by atoms with Crippen molar-refractivity contribution in [1.29, 1.82) is 0 Å². The summed E-state index contributed by atoms with van der Waals surface area (Å²) in [6, 6.07) is 9.42. The fraction of sp³-hybridized carbons (Fsp3) is 0.333. The fourth-order valence-corrected chi connectivity index (χ4v) is 4.06. The standard InChI is InChI=1S/C21H26N2O5S/c1-5-9-22-29(26,27)18-8-6-7-17(12-18)21(25)28-13-19(24)23-20-15(3)10-14(2)11-16(20)4/h6-8,10-12,22H,5,9,13H2,1-4H3,(H,23,24). The first-order valence-corrected chi connectivity index (χ1v) is 10.8. The van der Waals surface area contributed by atoms with E-state index in [2.05, 4.69) is 10.0 Å². The minimum absolute atomic E-state index is 0.0317. The molecule has 0 spiro atoms. The highest BCUT2D eigenvalue weighted by molar-refractivity contribution is 7.89. The van der Waals surface area contributed by atoms with Crippen molar-refractivity contribution in [2.24, 2.45) is 0 Å². The smallest absolute Gasteiger partial charge is 0.338 e. The van der Waals surface area contributed by atoms with E-state index in [0.29, 0.717) is 18.7 Å². The van der Waals surface area contributed by atoms with Crippen molar-refractivity contribution in [3.63, 3.8) is 0 Å². The van der Waals surface area contributed by atoms with Crippen LogP contribution in [0.15, 0.2) is 41.3 Å². The summed E-state index contributed by atoms with van der Waals surface area (Å²) < 4.78 is 31.9. The van der Waals surface area contributed by atoms with Crippen LogP contribution in [0.1, 0.15) is 40.4 Å². The lowest BCUT2D eigenvalue weighted by atomic mass is 10.1. The fourth-order valence-electron chi connectivity index (χ4n) is 2.88. The van der Waals surface area contributed by atoms with Gasteiger partial charge in [0.25, 0.3) is 5.91 Å². The zero-order chi connectivity index (χ0) is 21.6. The third-order valence-electron chi connectivity index (χ3n) is 4.20. The summed E-state index contributed by atoms with van der Waals surface area (Å²) in [6.07, 6.45) is 0.649. The van der Waals surface area contributed by atoms with Gasteiger partial charge in [-0.25, -0.2) is 17.9 Å². The molecule has 0 atom stereocenters. The average molecular weight is 419 g/mol. The minimum atomic E-state index is -3.70. The Bertz CT molecular complexity index is 992. The van der Waals surface area contributed by atoms with Crippen molar-refractivity contribution < 1.29 is 22.7 Å². The second-order valence-electron chi connectivity index (χ2n) is 6.82. The molecule has 0 saturated heterocycles. The number of nitrogens with one attached hydrogen (secondary N) is 2. The van der Waals surface area contributed by atoms with Crippen LogP contribution in [0.3, 0.4) is 0 Å². The van der Waals surface area contributed by atoms with E-state index in [9.17, 15) is 18.0 Å². The zero-order valence-electron chi connectivity index (χ0n) is 17.0. The number of ether oxygens (including phenoxy) is 1. The first-order valence-electron chi connectivity index (χ1n) is 9.28. The quantitative estimate of drug-likeness (QED) is 0.642. The van der Waals surface area contributed by atoms with Crippen molar-refractivity contribution in [2.45, 2.75) is 39.0 Å². The number of hydrogen-bond donors (Lipinski definition) is 2. The van der Waals surface area contributed by atoms with Crippen LogP contribution in [0.2, 0.25) is 0 Å². The Balaban J connectivity index is 2.02. The summed E-state index contributed by atoms with van der Waals surface area (Å²) in [5, 5.41) is 2.75. The number of carbonyl (C=O) groups excluding carboxylic acids is 2. The Kier molecular flexibility index (Phi) is 7.53. The molecule has 156 valence electrons. The van der Waals surface area contributed by atoms with Crippen molar-refractivity contribution in [1.82, 2.24) is 4.72 Å². The van der Waals surface area contributed by atoms with E-state index in [1.54, 1.807) is 0 Å². The summed E-state index contributed by atoms with van der Waals surface area (Å²) in [7, 11) is -3.70. The molecule has 8 heteroatoms. The summed E-state index contributed by atoms with van der Waals surface area (Å²) >= 11 is 0. The molecule has 2 aromatic rings. The molecule has 29 heavy (non-hydrogen) atoms. The molecular formula is C21H26N2O5S. The number of rotatable bonds is 8. The Hall–Kier alpha value is -2.71. The number of sulfonamides is 1. The summed E-state index contributed by atoms with van der Waals surface area (Å²) in [6.45, 7) is 7.42. The minimum Gasteiger partial charge on any atom is -0.452 e. The van der Waals surface area contributed by atoms with E-state index in [1.807, 2.05) is 39.8 Å². The van der Waals surface area contributed by atoms with E-state index in [0.717, 1.165) is 16.7 Å². The lowest BCUT2D eigenvalue weighted by molar-refractivity contribution is -0.119.